The molecular weight excluding hydrogens is 421 g/mol. The molecule has 0 aromatic heterocycles. The summed E-state index contributed by atoms with van der Waals surface area (Å²) in [4.78, 5) is 25.7. The number of rotatable bonds is 6. The molecule has 1 N–H and O–H groups in total. The first-order chi connectivity index (χ1) is 13.5. The fraction of sp³-hybridized carbons (Fsp3) is 0.211. The van der Waals surface area contributed by atoms with Gasteiger partial charge in [0.05, 0.1) is 16.5 Å². The fourth-order valence-electron chi connectivity index (χ4n) is 2.46. The second-order valence-electron chi connectivity index (χ2n) is 5.83. The summed E-state index contributed by atoms with van der Waals surface area (Å²) in [5.74, 6) is 0.0457. The lowest BCUT2D eigenvalue weighted by Crippen LogP contribution is -2.32. The van der Waals surface area contributed by atoms with Crippen molar-refractivity contribution in [1.82, 2.24) is 5.43 Å². The molecule has 1 aliphatic rings. The van der Waals surface area contributed by atoms with Crippen LogP contribution in [-0.4, -0.2) is 29.3 Å². The standard InChI is InChI=1S/C19H17Cl2N3O3S/c1-2-12-3-6-14(7-4-12)24-18(26)11-28-19(24)23-22-17(25)10-27-16-8-5-13(20)9-15(16)21/h3-9H,2,10-11H2,1H3,(H,22,25)/b23-19+. The maximum Gasteiger partial charge on any atom is 0.278 e. The molecule has 1 heterocycles. The number of benzene rings is 2. The predicted molar refractivity (Wildman–Crippen MR) is 113 cm³/mol. The van der Waals surface area contributed by atoms with E-state index in [-0.39, 0.29) is 18.3 Å². The Morgan fingerprint density at radius 1 is 1.25 bits per heavy atom. The first-order valence-electron chi connectivity index (χ1n) is 8.47. The molecule has 6 nitrogen and oxygen atoms in total. The first-order valence-corrected chi connectivity index (χ1v) is 10.2. The van der Waals surface area contributed by atoms with Crippen LogP contribution in [0.15, 0.2) is 47.6 Å². The van der Waals surface area contributed by atoms with Crippen LogP contribution in [0.25, 0.3) is 0 Å². The first kappa shape index (κ1) is 20.5. The van der Waals surface area contributed by atoms with Crippen LogP contribution in [-0.2, 0) is 16.0 Å². The van der Waals surface area contributed by atoms with Gasteiger partial charge in [0.15, 0.2) is 11.8 Å². The van der Waals surface area contributed by atoms with Crippen LogP contribution in [0, 0.1) is 0 Å². The molecule has 0 atom stereocenters. The largest absolute Gasteiger partial charge is 0.482 e. The summed E-state index contributed by atoms with van der Waals surface area (Å²) < 4.78 is 5.37. The van der Waals surface area contributed by atoms with Gasteiger partial charge >= 0.3 is 0 Å². The van der Waals surface area contributed by atoms with Crippen molar-refractivity contribution in [2.24, 2.45) is 5.10 Å². The molecule has 0 aliphatic carbocycles. The van der Waals surface area contributed by atoms with Gasteiger partial charge in [0.25, 0.3) is 5.91 Å². The van der Waals surface area contributed by atoms with Crippen LogP contribution in [0.2, 0.25) is 10.0 Å². The number of anilines is 1. The second kappa shape index (κ2) is 9.32. The molecule has 146 valence electrons. The van der Waals surface area contributed by atoms with Crippen molar-refractivity contribution in [1.29, 1.82) is 0 Å². The number of hydrogen-bond donors (Lipinski definition) is 1. The van der Waals surface area contributed by atoms with Crippen LogP contribution in [0.5, 0.6) is 5.75 Å². The molecule has 0 spiro atoms. The summed E-state index contributed by atoms with van der Waals surface area (Å²) in [6, 6.07) is 12.4. The number of ether oxygens (including phenoxy) is 1. The molecule has 0 unspecified atom stereocenters. The summed E-state index contributed by atoms with van der Waals surface area (Å²) in [5, 5.41) is 5.27. The van der Waals surface area contributed by atoms with Gasteiger partial charge in [-0.15, -0.1) is 5.10 Å². The van der Waals surface area contributed by atoms with E-state index in [0.717, 1.165) is 6.42 Å². The Morgan fingerprint density at radius 3 is 2.68 bits per heavy atom. The lowest BCUT2D eigenvalue weighted by atomic mass is 10.1. The number of amides is 2. The van der Waals surface area contributed by atoms with Gasteiger partial charge in [0, 0.05) is 5.02 Å². The molecule has 1 fully saturated rings. The number of hydrogen-bond acceptors (Lipinski definition) is 5. The smallest absolute Gasteiger partial charge is 0.278 e. The molecule has 1 saturated heterocycles. The van der Waals surface area contributed by atoms with Crippen LogP contribution in [0.3, 0.4) is 0 Å². The number of carbonyl (C=O) groups is 2. The Balaban J connectivity index is 1.62. The third-order valence-electron chi connectivity index (χ3n) is 3.90. The van der Waals surface area contributed by atoms with Crippen molar-refractivity contribution < 1.29 is 14.3 Å². The van der Waals surface area contributed by atoms with Crippen LogP contribution < -0.4 is 15.1 Å². The van der Waals surface area contributed by atoms with E-state index in [0.29, 0.717) is 26.6 Å². The zero-order valence-electron chi connectivity index (χ0n) is 14.9. The zero-order chi connectivity index (χ0) is 20.1. The molecule has 0 bridgehead atoms. The molecule has 2 aromatic carbocycles. The lowest BCUT2D eigenvalue weighted by Gasteiger charge is -2.16. The summed E-state index contributed by atoms with van der Waals surface area (Å²) in [6.45, 7) is 1.79. The quantitative estimate of drug-likeness (QED) is 0.690. The Labute approximate surface area is 176 Å². The highest BCUT2D eigenvalue weighted by molar-refractivity contribution is 8.15. The number of nitrogens with one attached hydrogen (secondary N) is 1. The summed E-state index contributed by atoms with van der Waals surface area (Å²) in [5.41, 5.74) is 4.30. The van der Waals surface area contributed by atoms with Gasteiger partial charge in [0.1, 0.15) is 5.75 Å². The van der Waals surface area contributed by atoms with Crippen molar-refractivity contribution in [3.8, 4) is 5.75 Å². The average molecular weight is 438 g/mol. The van der Waals surface area contributed by atoms with Gasteiger partial charge in [0.2, 0.25) is 5.91 Å². The topological polar surface area (TPSA) is 71.0 Å². The summed E-state index contributed by atoms with van der Waals surface area (Å²) >= 11 is 13.1. The molecule has 2 aromatic rings. The summed E-state index contributed by atoms with van der Waals surface area (Å²) in [7, 11) is 0. The third-order valence-corrected chi connectivity index (χ3v) is 5.35. The van der Waals surface area contributed by atoms with E-state index in [4.69, 9.17) is 27.9 Å². The number of halogens is 2. The Morgan fingerprint density at radius 2 is 2.00 bits per heavy atom. The van der Waals surface area contributed by atoms with Gasteiger partial charge in [-0.3, -0.25) is 14.5 Å². The Kier molecular flexibility index (Phi) is 6.83. The van der Waals surface area contributed by atoms with E-state index < -0.39 is 5.91 Å². The van der Waals surface area contributed by atoms with Gasteiger partial charge < -0.3 is 4.74 Å². The van der Waals surface area contributed by atoms with Crippen molar-refractivity contribution in [3.05, 3.63) is 58.1 Å². The SMILES string of the molecule is CCc1ccc(N2C(=O)CS/C2=N/NC(=O)COc2ccc(Cl)cc2Cl)cc1. The van der Waals surface area contributed by atoms with Crippen LogP contribution >= 0.6 is 35.0 Å². The fourth-order valence-corrected chi connectivity index (χ4v) is 3.75. The molecule has 0 radical (unpaired) electrons. The van der Waals surface area contributed by atoms with Gasteiger partial charge in [-0.25, -0.2) is 5.43 Å². The average Bonchev–Trinajstić information content (AvgIpc) is 3.06. The van der Waals surface area contributed by atoms with Gasteiger partial charge in [-0.2, -0.15) is 0 Å². The molecule has 3 rings (SSSR count). The highest BCUT2D eigenvalue weighted by atomic mass is 35.5. The molecule has 1 aliphatic heterocycles. The van der Waals surface area contributed by atoms with E-state index in [9.17, 15) is 9.59 Å². The van der Waals surface area contributed by atoms with E-state index in [1.165, 1.54) is 28.3 Å². The van der Waals surface area contributed by atoms with E-state index in [2.05, 4.69) is 17.5 Å². The Hall–Kier alpha value is -2.22. The van der Waals surface area contributed by atoms with Crippen molar-refractivity contribution in [3.63, 3.8) is 0 Å². The van der Waals surface area contributed by atoms with E-state index in [1.807, 2.05) is 24.3 Å². The third kappa shape index (κ3) is 4.98. The van der Waals surface area contributed by atoms with Crippen LogP contribution in [0.1, 0.15) is 12.5 Å². The minimum atomic E-state index is -0.472. The maximum atomic E-state index is 12.2. The van der Waals surface area contributed by atoms with E-state index >= 15 is 0 Å². The van der Waals surface area contributed by atoms with Crippen molar-refractivity contribution >= 4 is 57.6 Å². The molecular formula is C19H17Cl2N3O3S. The van der Waals surface area contributed by atoms with Crippen LogP contribution in [0.4, 0.5) is 5.69 Å². The number of thioether (sulfide) groups is 1. The monoisotopic (exact) mass is 437 g/mol. The Bertz CT molecular complexity index is 919. The molecule has 2 amide bonds. The zero-order valence-corrected chi connectivity index (χ0v) is 17.3. The number of amidine groups is 1. The number of nitrogens with zero attached hydrogens (tertiary/aromatic N) is 2. The number of carbonyl (C=O) groups excluding carboxylic acids is 2. The van der Waals surface area contributed by atoms with Crippen molar-refractivity contribution in [2.45, 2.75) is 13.3 Å². The predicted octanol–water partition coefficient (Wildman–Crippen LogP) is 4.10. The van der Waals surface area contributed by atoms with Gasteiger partial charge in [-0.1, -0.05) is 54.0 Å². The molecule has 0 saturated carbocycles. The number of aryl methyl sites for hydroxylation is 1. The summed E-state index contributed by atoms with van der Waals surface area (Å²) in [6.07, 6.45) is 0.914. The van der Waals surface area contributed by atoms with Gasteiger partial charge in [-0.05, 0) is 42.3 Å². The number of hydrazone groups is 1. The molecule has 28 heavy (non-hydrogen) atoms. The van der Waals surface area contributed by atoms with Crippen molar-refractivity contribution in [2.75, 3.05) is 17.3 Å². The highest BCUT2D eigenvalue weighted by Crippen LogP contribution is 2.28. The highest BCUT2D eigenvalue weighted by Gasteiger charge is 2.30. The molecule has 9 heteroatoms. The maximum absolute atomic E-state index is 12.2. The lowest BCUT2D eigenvalue weighted by molar-refractivity contribution is -0.123. The minimum Gasteiger partial charge on any atom is -0.482 e. The van der Waals surface area contributed by atoms with E-state index in [1.54, 1.807) is 12.1 Å². The normalized spacial score (nSPS) is 15.2. The minimum absolute atomic E-state index is 0.0913. The second-order valence-corrected chi connectivity index (χ2v) is 7.62.